The zero-order valence-corrected chi connectivity index (χ0v) is 22.9. The highest BCUT2D eigenvalue weighted by molar-refractivity contribution is 6.35. The predicted octanol–water partition coefficient (Wildman–Crippen LogP) is 8.24. The lowest BCUT2D eigenvalue weighted by molar-refractivity contribution is 0.105. The van der Waals surface area contributed by atoms with Crippen LogP contribution < -0.4 is 9.47 Å². The highest BCUT2D eigenvalue weighted by atomic mass is 16.5. The van der Waals surface area contributed by atoms with Crippen molar-refractivity contribution in [3.05, 3.63) is 95.1 Å². The number of rotatable bonds is 13. The average molecular weight is 510 g/mol. The molecule has 4 rings (SSSR count). The average Bonchev–Trinajstić information content (AvgIpc) is 2.94. The van der Waals surface area contributed by atoms with Crippen molar-refractivity contribution in [3.63, 3.8) is 0 Å². The Morgan fingerprint density at radius 1 is 0.921 bits per heavy atom. The van der Waals surface area contributed by atoms with Crippen LogP contribution in [-0.4, -0.2) is 31.3 Å². The Hall–Kier alpha value is -3.66. The minimum absolute atomic E-state index is 0.0301. The lowest BCUT2D eigenvalue weighted by Gasteiger charge is -2.24. The number of benzene rings is 3. The fourth-order valence-corrected chi connectivity index (χ4v) is 4.86. The quantitative estimate of drug-likeness (QED) is 0.132. The maximum absolute atomic E-state index is 14.0. The van der Waals surface area contributed by atoms with Gasteiger partial charge in [-0.2, -0.15) is 0 Å². The molecule has 3 aromatic carbocycles. The summed E-state index contributed by atoms with van der Waals surface area (Å²) in [6, 6.07) is 23.8. The summed E-state index contributed by atoms with van der Waals surface area (Å²) in [4.78, 5) is 18.4. The topological polar surface area (TPSA) is 47.9 Å². The zero-order valence-electron chi connectivity index (χ0n) is 22.9. The molecule has 1 aliphatic rings. The first-order valence-electron chi connectivity index (χ1n) is 13.9. The third-order valence-electron chi connectivity index (χ3n) is 6.72. The lowest BCUT2D eigenvalue weighted by Crippen LogP contribution is -2.13. The monoisotopic (exact) mass is 509 g/mol. The van der Waals surface area contributed by atoms with Gasteiger partial charge >= 0.3 is 0 Å². The molecule has 0 unspecified atom stereocenters. The number of allylic oxidation sites excluding steroid dienone is 2. The van der Waals surface area contributed by atoms with E-state index in [1.54, 1.807) is 0 Å². The molecule has 0 fully saturated rings. The summed E-state index contributed by atoms with van der Waals surface area (Å²) in [6.07, 6.45) is 8.46. The van der Waals surface area contributed by atoms with Crippen molar-refractivity contribution in [2.24, 2.45) is 4.99 Å². The van der Waals surface area contributed by atoms with Gasteiger partial charge in [0.2, 0.25) is 0 Å². The number of hydrogen-bond donors (Lipinski definition) is 0. The number of aliphatic imine (C=N–C) groups is 1. The van der Waals surface area contributed by atoms with Crippen LogP contribution in [0.4, 0.5) is 0 Å². The molecule has 1 aliphatic carbocycles. The molecule has 38 heavy (non-hydrogen) atoms. The zero-order chi connectivity index (χ0) is 26.7. The SMILES string of the molecule is CCCCCCN=CCOc1ccc(C(=O)C2=C(c3ccccc3)CCc3cc(OC(C)C)ccc32)cc1. The number of ether oxygens (including phenoxy) is 2. The van der Waals surface area contributed by atoms with E-state index in [0.717, 1.165) is 65.1 Å². The highest BCUT2D eigenvalue weighted by Crippen LogP contribution is 2.40. The number of Topliss-reactive ketones (excluding diaryl/α,β-unsaturated/α-hetero) is 1. The van der Waals surface area contributed by atoms with Crippen molar-refractivity contribution in [1.82, 2.24) is 0 Å². The maximum atomic E-state index is 14.0. The van der Waals surface area contributed by atoms with Crippen LogP contribution in [0.5, 0.6) is 11.5 Å². The van der Waals surface area contributed by atoms with Crippen LogP contribution in [0.3, 0.4) is 0 Å². The third-order valence-corrected chi connectivity index (χ3v) is 6.72. The standard InChI is InChI=1S/C34H39NO3/c1-4-5-6-10-21-35-22-23-37-29-16-13-27(14-17-29)34(36)33-31(26-11-8-7-9-12-26)19-15-28-24-30(38-25(2)3)18-20-32(28)33/h7-9,11-14,16-18,20,22,24-25H,4-6,10,15,19,21,23H2,1-3H3. The summed E-state index contributed by atoms with van der Waals surface area (Å²) in [5.74, 6) is 1.61. The fourth-order valence-electron chi connectivity index (χ4n) is 4.86. The van der Waals surface area contributed by atoms with E-state index in [2.05, 4.69) is 30.1 Å². The second-order valence-electron chi connectivity index (χ2n) is 10.0. The summed E-state index contributed by atoms with van der Waals surface area (Å²) in [5.41, 5.74) is 5.76. The second-order valence-corrected chi connectivity index (χ2v) is 10.0. The molecule has 0 heterocycles. The van der Waals surface area contributed by atoms with E-state index >= 15 is 0 Å². The number of aryl methyl sites for hydroxylation is 1. The van der Waals surface area contributed by atoms with E-state index in [9.17, 15) is 4.79 Å². The van der Waals surface area contributed by atoms with Gasteiger partial charge in [0.25, 0.3) is 0 Å². The molecule has 0 aliphatic heterocycles. The second kappa shape index (κ2) is 13.8. The fraction of sp³-hybridized carbons (Fsp3) is 0.353. The Morgan fingerprint density at radius 2 is 1.68 bits per heavy atom. The van der Waals surface area contributed by atoms with E-state index in [1.165, 1.54) is 19.3 Å². The molecule has 198 valence electrons. The van der Waals surface area contributed by atoms with E-state index in [0.29, 0.717) is 12.2 Å². The van der Waals surface area contributed by atoms with Crippen LogP contribution in [0.2, 0.25) is 0 Å². The number of nitrogens with zero attached hydrogens (tertiary/aromatic N) is 1. The minimum Gasteiger partial charge on any atom is -0.491 e. The molecule has 3 aromatic rings. The Bertz CT molecular complexity index is 1260. The van der Waals surface area contributed by atoms with Crippen LogP contribution in [-0.2, 0) is 6.42 Å². The molecular weight excluding hydrogens is 470 g/mol. The largest absolute Gasteiger partial charge is 0.491 e. The predicted molar refractivity (Wildman–Crippen MR) is 158 cm³/mol. The van der Waals surface area contributed by atoms with E-state index in [1.807, 2.05) is 74.7 Å². The van der Waals surface area contributed by atoms with Gasteiger partial charge in [0.1, 0.15) is 18.1 Å². The first kappa shape index (κ1) is 27.4. The molecular formula is C34H39NO3. The molecule has 0 bridgehead atoms. The number of hydrogen-bond acceptors (Lipinski definition) is 4. The molecule has 0 atom stereocenters. The lowest BCUT2D eigenvalue weighted by atomic mass is 9.79. The van der Waals surface area contributed by atoms with Gasteiger partial charge in [-0.25, -0.2) is 0 Å². The van der Waals surface area contributed by atoms with E-state index in [4.69, 9.17) is 9.47 Å². The summed E-state index contributed by atoms with van der Waals surface area (Å²) >= 11 is 0. The molecule has 0 saturated carbocycles. The van der Waals surface area contributed by atoms with Crippen LogP contribution in [0.1, 0.15) is 79.9 Å². The molecule has 0 radical (unpaired) electrons. The van der Waals surface area contributed by atoms with E-state index in [-0.39, 0.29) is 11.9 Å². The molecule has 0 N–H and O–H groups in total. The van der Waals surface area contributed by atoms with Crippen molar-refractivity contribution in [2.45, 2.75) is 65.4 Å². The summed E-state index contributed by atoms with van der Waals surface area (Å²) in [5, 5.41) is 0. The first-order chi connectivity index (χ1) is 18.6. The van der Waals surface area contributed by atoms with Crippen molar-refractivity contribution in [2.75, 3.05) is 13.2 Å². The summed E-state index contributed by atoms with van der Waals surface area (Å²) < 4.78 is 11.7. The third kappa shape index (κ3) is 7.22. The highest BCUT2D eigenvalue weighted by Gasteiger charge is 2.26. The van der Waals surface area contributed by atoms with Gasteiger partial charge in [-0.15, -0.1) is 0 Å². The number of ketones is 1. The number of carbonyl (C=O) groups is 1. The maximum Gasteiger partial charge on any atom is 0.193 e. The van der Waals surface area contributed by atoms with Gasteiger partial charge in [0.05, 0.1) is 6.10 Å². The molecule has 0 spiro atoms. The van der Waals surface area contributed by atoms with Gasteiger partial charge in [-0.05, 0) is 91.8 Å². The van der Waals surface area contributed by atoms with Crippen LogP contribution in [0.25, 0.3) is 11.1 Å². The molecule has 0 saturated heterocycles. The molecule has 0 aromatic heterocycles. The Morgan fingerprint density at radius 3 is 2.42 bits per heavy atom. The van der Waals surface area contributed by atoms with Gasteiger partial charge in [-0.1, -0.05) is 62.6 Å². The van der Waals surface area contributed by atoms with Crippen LogP contribution >= 0.6 is 0 Å². The van der Waals surface area contributed by atoms with Crippen molar-refractivity contribution in [3.8, 4) is 11.5 Å². The summed E-state index contributed by atoms with van der Waals surface area (Å²) in [6.45, 7) is 7.54. The van der Waals surface area contributed by atoms with Crippen LogP contribution in [0, 0.1) is 0 Å². The van der Waals surface area contributed by atoms with Crippen molar-refractivity contribution >= 4 is 23.1 Å². The summed E-state index contributed by atoms with van der Waals surface area (Å²) in [7, 11) is 0. The number of unbranched alkanes of at least 4 members (excludes halogenated alkanes) is 3. The van der Waals surface area contributed by atoms with Crippen molar-refractivity contribution < 1.29 is 14.3 Å². The Kier molecular flexibility index (Phi) is 9.91. The minimum atomic E-state index is 0.0301. The van der Waals surface area contributed by atoms with Crippen molar-refractivity contribution in [1.29, 1.82) is 0 Å². The van der Waals surface area contributed by atoms with Gasteiger partial charge in [-0.3, -0.25) is 9.79 Å². The van der Waals surface area contributed by atoms with Gasteiger partial charge < -0.3 is 9.47 Å². The number of fused-ring (bicyclic) bond motifs is 1. The smallest absolute Gasteiger partial charge is 0.193 e. The first-order valence-corrected chi connectivity index (χ1v) is 13.9. The van der Waals surface area contributed by atoms with Crippen LogP contribution in [0.15, 0.2) is 77.8 Å². The van der Waals surface area contributed by atoms with E-state index < -0.39 is 0 Å². The van der Waals surface area contributed by atoms with Gasteiger partial charge in [0, 0.05) is 23.9 Å². The number of carbonyl (C=O) groups excluding carboxylic acids is 1. The molecule has 4 heteroatoms. The Labute approximate surface area is 227 Å². The Balaban J connectivity index is 1.53. The normalized spacial score (nSPS) is 13.2. The molecule has 4 nitrogen and oxygen atoms in total. The molecule has 0 amide bonds. The van der Waals surface area contributed by atoms with Gasteiger partial charge in [0.15, 0.2) is 5.78 Å².